The van der Waals surface area contributed by atoms with Crippen LogP contribution in [0.1, 0.15) is 39.4 Å². The molecule has 0 aliphatic rings. The molecule has 1 aromatic rings. The van der Waals surface area contributed by atoms with Crippen molar-refractivity contribution in [3.8, 4) is 5.75 Å². The lowest BCUT2D eigenvalue weighted by Gasteiger charge is -2.25. The maximum Gasteiger partial charge on any atom is 0.407 e. The first kappa shape index (κ1) is 16.8. The van der Waals surface area contributed by atoms with Crippen molar-refractivity contribution in [2.45, 2.75) is 45.4 Å². The maximum atomic E-state index is 11.7. The van der Waals surface area contributed by atoms with Gasteiger partial charge in [-0.2, -0.15) is 0 Å². The Bertz CT molecular complexity index is 485. The first-order valence-corrected chi connectivity index (χ1v) is 7.05. The van der Waals surface area contributed by atoms with Crippen molar-refractivity contribution in [1.29, 1.82) is 0 Å². The fourth-order valence-corrected chi connectivity index (χ4v) is 2.08. The second kappa shape index (κ2) is 6.45. The number of halogens is 1. The average Bonchev–Trinajstić information content (AvgIpc) is 2.28. The number of aromatic hydroxyl groups is 1. The molecular formula is C14H20BrNO4. The largest absolute Gasteiger partial charge is 0.508 e. The molecule has 0 aromatic heterocycles. The summed E-state index contributed by atoms with van der Waals surface area (Å²) in [5, 5.41) is 22.3. The molecule has 2 atom stereocenters. The second-order valence-electron chi connectivity index (χ2n) is 5.59. The number of rotatable bonds is 3. The number of hydrogen-bond donors (Lipinski definition) is 3. The molecule has 0 aliphatic carbocycles. The number of phenolic OH excluding ortho intramolecular Hbond substituents is 1. The van der Waals surface area contributed by atoms with Gasteiger partial charge in [0.15, 0.2) is 0 Å². The SMILES string of the molecule is C[C@H](NC(=O)OC(C)(C)C)[C@H](O)c1cc(O)ccc1Br. The number of amides is 1. The van der Waals surface area contributed by atoms with E-state index >= 15 is 0 Å². The summed E-state index contributed by atoms with van der Waals surface area (Å²) in [4.78, 5) is 11.7. The molecule has 0 fully saturated rings. The number of ether oxygens (including phenoxy) is 1. The van der Waals surface area contributed by atoms with E-state index in [2.05, 4.69) is 21.2 Å². The van der Waals surface area contributed by atoms with Crippen molar-refractivity contribution >= 4 is 22.0 Å². The van der Waals surface area contributed by atoms with Crippen LogP contribution in [-0.4, -0.2) is 27.9 Å². The van der Waals surface area contributed by atoms with E-state index in [0.29, 0.717) is 10.0 Å². The summed E-state index contributed by atoms with van der Waals surface area (Å²) in [6, 6.07) is 4.02. The van der Waals surface area contributed by atoms with Crippen molar-refractivity contribution in [3.63, 3.8) is 0 Å². The molecule has 0 spiro atoms. The van der Waals surface area contributed by atoms with Crippen LogP contribution in [-0.2, 0) is 4.74 Å². The fourth-order valence-electron chi connectivity index (χ4n) is 1.60. The minimum absolute atomic E-state index is 0.0479. The predicted molar refractivity (Wildman–Crippen MR) is 79.6 cm³/mol. The third kappa shape index (κ3) is 5.02. The van der Waals surface area contributed by atoms with Gasteiger partial charge in [0.05, 0.1) is 6.04 Å². The minimum Gasteiger partial charge on any atom is -0.508 e. The highest BCUT2D eigenvalue weighted by atomic mass is 79.9. The highest BCUT2D eigenvalue weighted by Crippen LogP contribution is 2.29. The van der Waals surface area contributed by atoms with Gasteiger partial charge in [-0.3, -0.25) is 0 Å². The van der Waals surface area contributed by atoms with Crippen molar-refractivity contribution in [2.75, 3.05) is 0 Å². The van der Waals surface area contributed by atoms with Gasteiger partial charge in [-0.15, -0.1) is 0 Å². The molecule has 6 heteroatoms. The lowest BCUT2D eigenvalue weighted by molar-refractivity contribution is 0.0435. The topological polar surface area (TPSA) is 78.8 Å². The third-order valence-corrected chi connectivity index (χ3v) is 3.24. The molecule has 0 bridgehead atoms. The molecule has 3 N–H and O–H groups in total. The second-order valence-corrected chi connectivity index (χ2v) is 6.44. The van der Waals surface area contributed by atoms with Crippen LogP contribution in [0.3, 0.4) is 0 Å². The van der Waals surface area contributed by atoms with Crippen molar-refractivity contribution < 1.29 is 19.7 Å². The minimum atomic E-state index is -0.969. The molecule has 0 heterocycles. The summed E-state index contributed by atoms with van der Waals surface area (Å²) >= 11 is 3.30. The molecule has 1 rings (SSSR count). The number of phenols is 1. The zero-order chi connectivity index (χ0) is 15.5. The lowest BCUT2D eigenvalue weighted by atomic mass is 10.0. The number of carbonyl (C=O) groups is 1. The van der Waals surface area contributed by atoms with Crippen LogP contribution in [0.2, 0.25) is 0 Å². The van der Waals surface area contributed by atoms with Crippen LogP contribution in [0.15, 0.2) is 22.7 Å². The third-order valence-electron chi connectivity index (χ3n) is 2.52. The Morgan fingerprint density at radius 2 is 2.00 bits per heavy atom. The monoisotopic (exact) mass is 345 g/mol. The number of carbonyl (C=O) groups excluding carboxylic acids is 1. The zero-order valence-electron chi connectivity index (χ0n) is 12.0. The molecule has 0 saturated heterocycles. The average molecular weight is 346 g/mol. The quantitative estimate of drug-likeness (QED) is 0.786. The van der Waals surface area contributed by atoms with Gasteiger partial charge in [0.25, 0.3) is 0 Å². The predicted octanol–water partition coefficient (Wildman–Crippen LogP) is 3.10. The van der Waals surface area contributed by atoms with E-state index in [1.165, 1.54) is 12.1 Å². The lowest BCUT2D eigenvalue weighted by Crippen LogP contribution is -2.40. The molecule has 0 radical (unpaired) electrons. The van der Waals surface area contributed by atoms with Crippen LogP contribution in [0.5, 0.6) is 5.75 Å². The van der Waals surface area contributed by atoms with Crippen LogP contribution in [0.25, 0.3) is 0 Å². The summed E-state index contributed by atoms with van der Waals surface area (Å²) in [7, 11) is 0. The smallest absolute Gasteiger partial charge is 0.407 e. The fraction of sp³-hybridized carbons (Fsp3) is 0.500. The molecule has 1 amide bonds. The van der Waals surface area contributed by atoms with Gasteiger partial charge < -0.3 is 20.3 Å². The van der Waals surface area contributed by atoms with E-state index in [9.17, 15) is 15.0 Å². The van der Waals surface area contributed by atoms with Gasteiger partial charge in [0, 0.05) is 10.0 Å². The Kier molecular flexibility index (Phi) is 5.42. The molecule has 0 unspecified atom stereocenters. The van der Waals surface area contributed by atoms with Crippen molar-refractivity contribution in [1.82, 2.24) is 5.32 Å². The molecule has 5 nitrogen and oxygen atoms in total. The molecule has 112 valence electrons. The van der Waals surface area contributed by atoms with E-state index in [1.54, 1.807) is 33.8 Å². The van der Waals surface area contributed by atoms with Gasteiger partial charge >= 0.3 is 6.09 Å². The van der Waals surface area contributed by atoms with E-state index in [0.717, 1.165) is 0 Å². The summed E-state index contributed by atoms with van der Waals surface area (Å²) in [6.45, 7) is 6.95. The number of nitrogens with one attached hydrogen (secondary N) is 1. The Morgan fingerprint density at radius 3 is 2.55 bits per heavy atom. The van der Waals surface area contributed by atoms with E-state index < -0.39 is 23.8 Å². The van der Waals surface area contributed by atoms with E-state index in [1.807, 2.05) is 0 Å². The van der Waals surface area contributed by atoms with Crippen LogP contribution in [0.4, 0.5) is 4.79 Å². The van der Waals surface area contributed by atoms with Crippen LogP contribution >= 0.6 is 15.9 Å². The molecule has 20 heavy (non-hydrogen) atoms. The number of aliphatic hydroxyl groups is 1. The maximum absolute atomic E-state index is 11.7. The van der Waals surface area contributed by atoms with Gasteiger partial charge in [0.2, 0.25) is 0 Å². The number of hydrogen-bond acceptors (Lipinski definition) is 4. The number of aliphatic hydroxyl groups excluding tert-OH is 1. The van der Waals surface area contributed by atoms with Gasteiger partial charge in [0.1, 0.15) is 17.5 Å². The number of benzene rings is 1. The Morgan fingerprint density at radius 1 is 1.40 bits per heavy atom. The summed E-state index contributed by atoms with van der Waals surface area (Å²) in [5.74, 6) is 0.0479. The van der Waals surface area contributed by atoms with Gasteiger partial charge in [-0.25, -0.2) is 4.79 Å². The molecule has 0 saturated carbocycles. The first-order valence-electron chi connectivity index (χ1n) is 6.26. The Balaban J connectivity index is 2.74. The van der Waals surface area contributed by atoms with Gasteiger partial charge in [-0.05, 0) is 45.9 Å². The van der Waals surface area contributed by atoms with E-state index in [4.69, 9.17) is 4.74 Å². The number of alkyl carbamates (subject to hydrolysis) is 1. The van der Waals surface area contributed by atoms with Gasteiger partial charge in [-0.1, -0.05) is 15.9 Å². The molecular weight excluding hydrogens is 326 g/mol. The summed E-state index contributed by atoms with van der Waals surface area (Å²) in [6.07, 6.45) is -1.57. The standard InChI is InChI=1S/C14H20BrNO4/c1-8(16-13(19)20-14(2,3)4)12(18)10-7-9(17)5-6-11(10)15/h5-8,12,17-18H,1-4H3,(H,16,19)/t8-,12-/m0/s1. The Hall–Kier alpha value is -1.27. The van der Waals surface area contributed by atoms with Crippen LogP contribution in [0, 0.1) is 0 Å². The van der Waals surface area contributed by atoms with E-state index in [-0.39, 0.29) is 5.75 Å². The molecule has 0 aliphatic heterocycles. The van der Waals surface area contributed by atoms with Crippen molar-refractivity contribution in [2.24, 2.45) is 0 Å². The van der Waals surface area contributed by atoms with Crippen molar-refractivity contribution in [3.05, 3.63) is 28.2 Å². The summed E-state index contributed by atoms with van der Waals surface area (Å²) < 4.78 is 5.78. The van der Waals surface area contributed by atoms with Crippen LogP contribution < -0.4 is 5.32 Å². The molecule has 1 aromatic carbocycles. The first-order chi connectivity index (χ1) is 9.10. The summed E-state index contributed by atoms with van der Waals surface area (Å²) in [5.41, 5.74) is -0.103. The highest BCUT2D eigenvalue weighted by molar-refractivity contribution is 9.10. The normalized spacial score (nSPS) is 14.5. The highest BCUT2D eigenvalue weighted by Gasteiger charge is 2.23. The Labute approximate surface area is 127 Å². The zero-order valence-corrected chi connectivity index (χ0v) is 13.6.